The van der Waals surface area contributed by atoms with Crippen molar-refractivity contribution in [2.75, 3.05) is 27.9 Å². The van der Waals surface area contributed by atoms with Gasteiger partial charge in [-0.05, 0) is 61.1 Å². The van der Waals surface area contributed by atoms with E-state index in [-0.39, 0.29) is 0 Å². The van der Waals surface area contributed by atoms with Gasteiger partial charge in [-0.15, -0.1) is 0 Å². The largest absolute Gasteiger partial charge is 0.494 e. The predicted octanol–water partition coefficient (Wildman–Crippen LogP) is 3.91. The maximum Gasteiger partial charge on any atom is 0.216 e. The molecular weight excluding hydrogens is 392 g/mol. The molecule has 1 heterocycles. The lowest BCUT2D eigenvalue weighted by atomic mass is 10.1. The molecule has 0 radical (unpaired) electrons. The van der Waals surface area contributed by atoms with Gasteiger partial charge in [0.15, 0.2) is 17.3 Å². The van der Waals surface area contributed by atoms with Crippen LogP contribution in [0.2, 0.25) is 0 Å². The van der Waals surface area contributed by atoms with Crippen LogP contribution in [0.5, 0.6) is 23.0 Å². The zero-order valence-electron chi connectivity index (χ0n) is 16.6. The van der Waals surface area contributed by atoms with Crippen molar-refractivity contribution in [1.82, 2.24) is 14.9 Å². The average Bonchev–Trinajstić information content (AvgIpc) is 3.12. The van der Waals surface area contributed by atoms with Crippen LogP contribution in [0.4, 0.5) is 0 Å². The zero-order chi connectivity index (χ0) is 20.8. The average molecular weight is 414 g/mol. The third-order valence-electron chi connectivity index (χ3n) is 4.09. The molecule has 0 saturated carbocycles. The molecule has 152 valence electrons. The zero-order valence-corrected chi connectivity index (χ0v) is 17.4. The van der Waals surface area contributed by atoms with Crippen LogP contribution in [0.3, 0.4) is 0 Å². The molecule has 0 bridgehead atoms. The summed E-state index contributed by atoms with van der Waals surface area (Å²) in [6.45, 7) is 2.57. The predicted molar refractivity (Wildman–Crippen MR) is 113 cm³/mol. The van der Waals surface area contributed by atoms with E-state index in [1.165, 1.54) is 4.68 Å². The second kappa shape index (κ2) is 9.24. The highest BCUT2D eigenvalue weighted by Gasteiger charge is 2.17. The quantitative estimate of drug-likeness (QED) is 0.444. The minimum Gasteiger partial charge on any atom is -0.494 e. The molecule has 0 atom stereocenters. The van der Waals surface area contributed by atoms with Crippen LogP contribution in [-0.2, 0) is 0 Å². The lowest BCUT2D eigenvalue weighted by Gasteiger charge is -2.13. The van der Waals surface area contributed by atoms with Crippen LogP contribution in [0, 0.1) is 4.77 Å². The first kappa shape index (κ1) is 20.4. The molecular formula is C20H22N4O4S. The summed E-state index contributed by atoms with van der Waals surface area (Å²) in [5, 5.41) is 11.6. The number of aromatic nitrogens is 3. The molecule has 9 heteroatoms. The van der Waals surface area contributed by atoms with Crippen molar-refractivity contribution in [3.05, 3.63) is 46.7 Å². The summed E-state index contributed by atoms with van der Waals surface area (Å²) in [5.74, 6) is 2.84. The van der Waals surface area contributed by atoms with Crippen LogP contribution in [0.1, 0.15) is 12.5 Å². The Balaban J connectivity index is 1.99. The van der Waals surface area contributed by atoms with Gasteiger partial charge in [-0.2, -0.15) is 14.9 Å². The molecule has 0 spiro atoms. The van der Waals surface area contributed by atoms with Gasteiger partial charge < -0.3 is 18.9 Å². The number of aromatic amines is 1. The maximum atomic E-state index is 5.45. The molecule has 0 unspecified atom stereocenters. The minimum absolute atomic E-state index is 0.357. The van der Waals surface area contributed by atoms with E-state index in [1.54, 1.807) is 39.7 Å². The highest BCUT2D eigenvalue weighted by Crippen LogP contribution is 2.40. The molecule has 1 N–H and O–H groups in total. The molecule has 2 aromatic carbocycles. The second-order valence-corrected chi connectivity index (χ2v) is 6.21. The van der Waals surface area contributed by atoms with Gasteiger partial charge in [0, 0.05) is 5.56 Å². The van der Waals surface area contributed by atoms with Gasteiger partial charge in [-0.1, -0.05) is 0 Å². The van der Waals surface area contributed by atoms with Crippen molar-refractivity contribution < 1.29 is 18.9 Å². The van der Waals surface area contributed by atoms with Gasteiger partial charge >= 0.3 is 0 Å². The molecule has 0 saturated heterocycles. The number of ether oxygens (including phenoxy) is 4. The normalized spacial score (nSPS) is 10.9. The Morgan fingerprint density at radius 2 is 1.72 bits per heavy atom. The summed E-state index contributed by atoms with van der Waals surface area (Å²) in [4.78, 5) is 0. The molecule has 0 fully saturated rings. The summed E-state index contributed by atoms with van der Waals surface area (Å²) in [5.41, 5.74) is 1.60. The van der Waals surface area contributed by atoms with Gasteiger partial charge in [-0.3, -0.25) is 0 Å². The lowest BCUT2D eigenvalue weighted by Crippen LogP contribution is -1.99. The van der Waals surface area contributed by atoms with E-state index in [2.05, 4.69) is 15.3 Å². The van der Waals surface area contributed by atoms with Crippen molar-refractivity contribution in [2.45, 2.75) is 6.92 Å². The fraction of sp³-hybridized carbons (Fsp3) is 0.250. The number of H-pyrrole nitrogens is 1. The monoisotopic (exact) mass is 414 g/mol. The van der Waals surface area contributed by atoms with Crippen molar-refractivity contribution in [2.24, 2.45) is 5.10 Å². The van der Waals surface area contributed by atoms with Crippen LogP contribution >= 0.6 is 12.2 Å². The Hall–Kier alpha value is -3.33. The van der Waals surface area contributed by atoms with E-state index < -0.39 is 0 Å². The van der Waals surface area contributed by atoms with Gasteiger partial charge in [0.2, 0.25) is 10.5 Å². The third kappa shape index (κ3) is 4.40. The van der Waals surface area contributed by atoms with Crippen molar-refractivity contribution in [3.8, 4) is 34.4 Å². The summed E-state index contributed by atoms with van der Waals surface area (Å²) >= 11 is 5.34. The Kier molecular flexibility index (Phi) is 6.50. The molecule has 29 heavy (non-hydrogen) atoms. The SMILES string of the molecule is CCOc1ccc(/C=N/n2c(-c3cc(OC)c(OC)c(OC)c3)n[nH]c2=S)cc1. The first-order chi connectivity index (χ1) is 14.1. The van der Waals surface area contributed by atoms with E-state index in [9.17, 15) is 0 Å². The molecule has 0 aliphatic heterocycles. The number of methoxy groups -OCH3 is 3. The highest BCUT2D eigenvalue weighted by molar-refractivity contribution is 7.71. The minimum atomic E-state index is 0.357. The van der Waals surface area contributed by atoms with Gasteiger partial charge in [0.05, 0.1) is 34.2 Å². The van der Waals surface area contributed by atoms with Crippen molar-refractivity contribution >= 4 is 18.4 Å². The fourth-order valence-electron chi connectivity index (χ4n) is 2.74. The summed E-state index contributed by atoms with van der Waals surface area (Å²) < 4.78 is 23.6. The van der Waals surface area contributed by atoms with Crippen molar-refractivity contribution in [3.63, 3.8) is 0 Å². The number of nitrogens with zero attached hydrogens (tertiary/aromatic N) is 3. The van der Waals surface area contributed by atoms with E-state index in [0.29, 0.717) is 40.0 Å². The molecule has 0 aliphatic carbocycles. The van der Waals surface area contributed by atoms with Gasteiger partial charge in [0.1, 0.15) is 5.75 Å². The van der Waals surface area contributed by atoms with Crippen molar-refractivity contribution in [1.29, 1.82) is 0 Å². The molecule has 3 aromatic rings. The Bertz CT molecular complexity index is 1030. The van der Waals surface area contributed by atoms with Crippen LogP contribution in [-0.4, -0.2) is 49.0 Å². The van der Waals surface area contributed by atoms with Crippen LogP contribution < -0.4 is 18.9 Å². The van der Waals surface area contributed by atoms with Crippen LogP contribution in [0.25, 0.3) is 11.4 Å². The standard InChI is InChI=1S/C20H22N4O4S/c1-5-28-15-8-6-13(7-9-15)12-21-24-19(22-23-20(24)29)14-10-16(25-2)18(27-4)17(11-14)26-3/h6-12H,5H2,1-4H3,(H,23,29)/b21-12+. The summed E-state index contributed by atoms with van der Waals surface area (Å²) in [7, 11) is 4.67. The van der Waals surface area contributed by atoms with Crippen LogP contribution in [0.15, 0.2) is 41.5 Å². The Morgan fingerprint density at radius 3 is 2.28 bits per heavy atom. The summed E-state index contributed by atoms with van der Waals surface area (Å²) in [6, 6.07) is 11.2. The number of benzene rings is 2. The van der Waals surface area contributed by atoms with E-state index in [0.717, 1.165) is 11.3 Å². The lowest BCUT2D eigenvalue weighted by molar-refractivity contribution is 0.324. The topological polar surface area (TPSA) is 82.9 Å². The fourth-order valence-corrected chi connectivity index (χ4v) is 2.92. The van der Waals surface area contributed by atoms with Gasteiger partial charge in [-0.25, -0.2) is 5.10 Å². The second-order valence-electron chi connectivity index (χ2n) is 5.82. The van der Waals surface area contributed by atoms with Gasteiger partial charge in [0.25, 0.3) is 0 Å². The maximum absolute atomic E-state index is 5.45. The van der Waals surface area contributed by atoms with E-state index in [4.69, 9.17) is 31.2 Å². The summed E-state index contributed by atoms with van der Waals surface area (Å²) in [6.07, 6.45) is 1.70. The number of nitrogens with one attached hydrogen (secondary N) is 1. The van der Waals surface area contributed by atoms with E-state index >= 15 is 0 Å². The first-order valence-electron chi connectivity index (χ1n) is 8.86. The molecule has 3 rings (SSSR count). The van der Waals surface area contributed by atoms with E-state index in [1.807, 2.05) is 31.2 Å². The molecule has 8 nitrogen and oxygen atoms in total. The molecule has 0 aliphatic rings. The number of hydrogen-bond acceptors (Lipinski definition) is 7. The number of hydrogen-bond donors (Lipinski definition) is 1. The Morgan fingerprint density at radius 1 is 1.07 bits per heavy atom. The first-order valence-corrected chi connectivity index (χ1v) is 9.27. The Labute approximate surface area is 173 Å². The molecule has 0 amide bonds. The third-order valence-corrected chi connectivity index (χ3v) is 4.35. The number of rotatable bonds is 8. The highest BCUT2D eigenvalue weighted by atomic mass is 32.1. The molecule has 1 aromatic heterocycles. The smallest absolute Gasteiger partial charge is 0.216 e.